The minimum atomic E-state index is 0.0288. The summed E-state index contributed by atoms with van der Waals surface area (Å²) in [6.07, 6.45) is 0. The molecule has 0 heterocycles. The van der Waals surface area contributed by atoms with Crippen LogP contribution in [-0.4, -0.2) is 23.8 Å². The number of hydrogen-bond donors (Lipinski definition) is 0. The van der Waals surface area contributed by atoms with Crippen LogP contribution in [0.3, 0.4) is 0 Å². The molecule has 0 atom stereocenters. The second-order valence-electron chi connectivity index (χ2n) is 4.99. The monoisotopic (exact) mass is 301 g/mol. The summed E-state index contributed by atoms with van der Waals surface area (Å²) < 4.78 is 0. The molecular formula is C18H20ClNO. The molecule has 21 heavy (non-hydrogen) atoms. The zero-order valence-corrected chi connectivity index (χ0v) is 13.2. The first-order valence-corrected chi connectivity index (χ1v) is 7.63. The number of halogens is 1. The third kappa shape index (κ3) is 4.16. The maximum atomic E-state index is 12.3. The van der Waals surface area contributed by atoms with Crippen LogP contribution in [-0.2, 0) is 6.54 Å². The summed E-state index contributed by atoms with van der Waals surface area (Å²) in [4.78, 5) is 14.7. The number of nitrogens with zero attached hydrogens (tertiary/aromatic N) is 1. The van der Waals surface area contributed by atoms with Crippen molar-refractivity contribution in [2.24, 2.45) is 0 Å². The van der Waals surface area contributed by atoms with Crippen molar-refractivity contribution in [3.8, 4) is 0 Å². The van der Waals surface area contributed by atoms with Crippen LogP contribution in [0, 0.1) is 0 Å². The third-order valence-electron chi connectivity index (χ3n) is 3.62. The van der Waals surface area contributed by atoms with E-state index in [9.17, 15) is 4.79 Å². The van der Waals surface area contributed by atoms with Gasteiger partial charge in [-0.3, -0.25) is 9.69 Å². The molecule has 2 aromatic rings. The van der Waals surface area contributed by atoms with Gasteiger partial charge in [-0.25, -0.2) is 0 Å². The quantitative estimate of drug-likeness (QED) is 0.737. The lowest BCUT2D eigenvalue weighted by molar-refractivity contribution is 0.103. The van der Waals surface area contributed by atoms with Crippen LogP contribution in [0.15, 0.2) is 48.5 Å². The molecule has 3 heteroatoms. The number of benzene rings is 2. The Balaban J connectivity index is 2.11. The molecule has 0 saturated heterocycles. The molecule has 110 valence electrons. The second kappa shape index (κ2) is 7.39. The van der Waals surface area contributed by atoms with E-state index in [1.165, 1.54) is 5.56 Å². The van der Waals surface area contributed by atoms with Gasteiger partial charge in [-0.15, -0.1) is 0 Å². The number of rotatable bonds is 6. The summed E-state index contributed by atoms with van der Waals surface area (Å²) in [5.74, 6) is 0.0288. The molecule has 0 bridgehead atoms. The third-order valence-corrected chi connectivity index (χ3v) is 3.88. The highest BCUT2D eigenvalue weighted by atomic mass is 35.5. The lowest BCUT2D eigenvalue weighted by Crippen LogP contribution is -2.22. The van der Waals surface area contributed by atoms with Crippen molar-refractivity contribution in [3.05, 3.63) is 70.2 Å². The van der Waals surface area contributed by atoms with Gasteiger partial charge in [0.1, 0.15) is 0 Å². The molecule has 0 aliphatic carbocycles. The minimum absolute atomic E-state index is 0.0288. The summed E-state index contributed by atoms with van der Waals surface area (Å²) in [5, 5.41) is 0.640. The molecule has 0 fully saturated rings. The lowest BCUT2D eigenvalue weighted by atomic mass is 10.0. The van der Waals surface area contributed by atoms with Crippen LogP contribution in [0.5, 0.6) is 0 Å². The smallest absolute Gasteiger partial charge is 0.193 e. The van der Waals surface area contributed by atoms with Crippen LogP contribution < -0.4 is 0 Å². The number of carbonyl (C=O) groups excluding carboxylic acids is 1. The SMILES string of the molecule is CCN(CC)Cc1ccc(C(=O)c2ccc(Cl)cc2)cc1. The van der Waals surface area contributed by atoms with Gasteiger partial charge >= 0.3 is 0 Å². The van der Waals surface area contributed by atoms with E-state index in [1.54, 1.807) is 24.3 Å². The average Bonchev–Trinajstić information content (AvgIpc) is 2.53. The largest absolute Gasteiger partial charge is 0.300 e. The molecule has 0 aromatic heterocycles. The first-order valence-electron chi connectivity index (χ1n) is 7.25. The molecule has 2 nitrogen and oxygen atoms in total. The topological polar surface area (TPSA) is 20.3 Å². The van der Waals surface area contributed by atoms with Crippen molar-refractivity contribution < 1.29 is 4.79 Å². The lowest BCUT2D eigenvalue weighted by Gasteiger charge is -2.18. The highest BCUT2D eigenvalue weighted by Gasteiger charge is 2.09. The Morgan fingerprint density at radius 2 is 1.38 bits per heavy atom. The van der Waals surface area contributed by atoms with Gasteiger partial charge in [0.05, 0.1) is 0 Å². The van der Waals surface area contributed by atoms with Crippen LogP contribution in [0.1, 0.15) is 35.3 Å². The van der Waals surface area contributed by atoms with Gasteiger partial charge in [-0.2, -0.15) is 0 Å². The predicted molar refractivity (Wildman–Crippen MR) is 88.0 cm³/mol. The van der Waals surface area contributed by atoms with Gasteiger partial charge < -0.3 is 0 Å². The zero-order valence-electron chi connectivity index (χ0n) is 12.5. The normalized spacial score (nSPS) is 10.9. The van der Waals surface area contributed by atoms with Gasteiger partial charge in [0.2, 0.25) is 0 Å². The first kappa shape index (κ1) is 15.7. The average molecular weight is 302 g/mol. The van der Waals surface area contributed by atoms with Crippen LogP contribution in [0.2, 0.25) is 5.02 Å². The standard InChI is InChI=1S/C18H20ClNO/c1-3-20(4-2)13-14-5-7-15(8-6-14)18(21)16-9-11-17(19)12-10-16/h5-12H,3-4,13H2,1-2H3. The van der Waals surface area contributed by atoms with Crippen LogP contribution >= 0.6 is 11.6 Å². The van der Waals surface area contributed by atoms with E-state index in [4.69, 9.17) is 11.6 Å². The van der Waals surface area contributed by atoms with Crippen LogP contribution in [0.4, 0.5) is 0 Å². The van der Waals surface area contributed by atoms with E-state index < -0.39 is 0 Å². The van der Waals surface area contributed by atoms with Crippen molar-refractivity contribution in [3.63, 3.8) is 0 Å². The Morgan fingerprint density at radius 3 is 1.86 bits per heavy atom. The van der Waals surface area contributed by atoms with E-state index in [2.05, 4.69) is 18.7 Å². The number of ketones is 1. The van der Waals surface area contributed by atoms with Gasteiger partial charge in [-0.05, 0) is 42.9 Å². The Labute approximate surface area is 131 Å². The first-order chi connectivity index (χ1) is 10.1. The molecule has 0 N–H and O–H groups in total. The number of hydrogen-bond acceptors (Lipinski definition) is 2. The van der Waals surface area contributed by atoms with Crippen molar-refractivity contribution >= 4 is 17.4 Å². The van der Waals surface area contributed by atoms with Gasteiger partial charge in [-0.1, -0.05) is 49.7 Å². The molecule has 0 aliphatic heterocycles. The summed E-state index contributed by atoms with van der Waals surface area (Å²) in [7, 11) is 0. The molecule has 0 radical (unpaired) electrons. The fourth-order valence-corrected chi connectivity index (χ4v) is 2.36. The second-order valence-corrected chi connectivity index (χ2v) is 5.43. The Bertz CT molecular complexity index is 586. The van der Waals surface area contributed by atoms with Gasteiger partial charge in [0, 0.05) is 22.7 Å². The van der Waals surface area contributed by atoms with Crippen molar-refractivity contribution in [1.29, 1.82) is 0 Å². The highest BCUT2D eigenvalue weighted by Crippen LogP contribution is 2.15. The molecule has 2 aromatic carbocycles. The highest BCUT2D eigenvalue weighted by molar-refractivity contribution is 6.30. The van der Waals surface area contributed by atoms with Crippen molar-refractivity contribution in [2.75, 3.05) is 13.1 Å². The fourth-order valence-electron chi connectivity index (χ4n) is 2.23. The fraction of sp³-hybridized carbons (Fsp3) is 0.278. The molecule has 0 spiro atoms. The van der Waals surface area contributed by atoms with E-state index >= 15 is 0 Å². The summed E-state index contributed by atoms with van der Waals surface area (Å²) in [5.41, 5.74) is 2.60. The molecular weight excluding hydrogens is 282 g/mol. The maximum absolute atomic E-state index is 12.3. The van der Waals surface area contributed by atoms with Crippen LogP contribution in [0.25, 0.3) is 0 Å². The van der Waals surface area contributed by atoms with Gasteiger partial charge in [0.15, 0.2) is 5.78 Å². The Morgan fingerprint density at radius 1 is 0.905 bits per heavy atom. The van der Waals surface area contributed by atoms with E-state index in [-0.39, 0.29) is 5.78 Å². The Kier molecular flexibility index (Phi) is 5.54. The van der Waals surface area contributed by atoms with E-state index in [0.717, 1.165) is 19.6 Å². The Hall–Kier alpha value is -1.64. The summed E-state index contributed by atoms with van der Waals surface area (Å²) in [6, 6.07) is 14.9. The summed E-state index contributed by atoms with van der Waals surface area (Å²) in [6.45, 7) is 7.29. The minimum Gasteiger partial charge on any atom is -0.300 e. The maximum Gasteiger partial charge on any atom is 0.193 e. The van der Waals surface area contributed by atoms with Crippen molar-refractivity contribution in [2.45, 2.75) is 20.4 Å². The molecule has 0 unspecified atom stereocenters. The molecule has 2 rings (SSSR count). The molecule has 0 amide bonds. The summed E-state index contributed by atoms with van der Waals surface area (Å²) >= 11 is 5.84. The predicted octanol–water partition coefficient (Wildman–Crippen LogP) is 4.41. The number of carbonyl (C=O) groups is 1. The van der Waals surface area contributed by atoms with Crippen molar-refractivity contribution in [1.82, 2.24) is 4.90 Å². The molecule has 0 aliphatic rings. The van der Waals surface area contributed by atoms with E-state index in [0.29, 0.717) is 16.1 Å². The van der Waals surface area contributed by atoms with Gasteiger partial charge in [0.25, 0.3) is 0 Å². The molecule has 0 saturated carbocycles. The van der Waals surface area contributed by atoms with E-state index in [1.807, 2.05) is 24.3 Å². The zero-order chi connectivity index (χ0) is 15.2.